The number of thiophene rings is 1. The van der Waals surface area contributed by atoms with Gasteiger partial charge in [-0.15, -0.1) is 11.3 Å². The monoisotopic (exact) mass is 209 g/mol. The standard InChI is InChI=1S/C10H11NO2S/c1-12-9-5-4-8(14-9)10(11)7-3-2-6-13-7/h2-6,10H,11H2,1H3. The van der Waals surface area contributed by atoms with Crippen molar-refractivity contribution in [1.82, 2.24) is 0 Å². The summed E-state index contributed by atoms with van der Waals surface area (Å²) in [6.45, 7) is 0. The van der Waals surface area contributed by atoms with Gasteiger partial charge in [0.05, 0.1) is 19.4 Å². The van der Waals surface area contributed by atoms with Crippen LogP contribution < -0.4 is 10.5 Å². The molecule has 1 atom stereocenters. The Balaban J connectivity index is 2.23. The summed E-state index contributed by atoms with van der Waals surface area (Å²) in [7, 11) is 1.65. The van der Waals surface area contributed by atoms with Crippen LogP contribution >= 0.6 is 11.3 Å². The molecule has 2 aromatic rings. The van der Waals surface area contributed by atoms with Gasteiger partial charge in [0.2, 0.25) is 0 Å². The molecule has 0 saturated carbocycles. The first kappa shape index (κ1) is 9.30. The predicted octanol–water partition coefficient (Wildman–Crippen LogP) is 2.40. The smallest absolute Gasteiger partial charge is 0.173 e. The molecule has 0 fully saturated rings. The van der Waals surface area contributed by atoms with Gasteiger partial charge in [0.1, 0.15) is 5.76 Å². The highest BCUT2D eigenvalue weighted by Crippen LogP contribution is 2.30. The molecule has 0 aliphatic rings. The Kier molecular flexibility index (Phi) is 2.56. The van der Waals surface area contributed by atoms with Crippen LogP contribution in [0.5, 0.6) is 5.06 Å². The average Bonchev–Trinajstić information content (AvgIpc) is 2.88. The van der Waals surface area contributed by atoms with Crippen LogP contribution in [0.4, 0.5) is 0 Å². The first-order valence-corrected chi connectivity index (χ1v) is 5.05. The second-order valence-electron chi connectivity index (χ2n) is 2.85. The van der Waals surface area contributed by atoms with Crippen LogP contribution in [0.1, 0.15) is 16.7 Å². The second-order valence-corrected chi connectivity index (χ2v) is 3.93. The molecule has 3 nitrogen and oxygen atoms in total. The predicted molar refractivity (Wildman–Crippen MR) is 55.6 cm³/mol. The third kappa shape index (κ3) is 1.66. The maximum absolute atomic E-state index is 5.99. The summed E-state index contributed by atoms with van der Waals surface area (Å²) >= 11 is 1.53. The van der Waals surface area contributed by atoms with Crippen molar-refractivity contribution in [3.63, 3.8) is 0 Å². The number of ether oxygens (including phenoxy) is 1. The second kappa shape index (κ2) is 3.86. The molecule has 0 radical (unpaired) electrons. The van der Waals surface area contributed by atoms with Crippen LogP contribution in [0.15, 0.2) is 34.9 Å². The lowest BCUT2D eigenvalue weighted by Crippen LogP contribution is -2.08. The van der Waals surface area contributed by atoms with Crippen molar-refractivity contribution >= 4 is 11.3 Å². The maximum Gasteiger partial charge on any atom is 0.173 e. The Morgan fingerprint density at radius 1 is 1.43 bits per heavy atom. The number of furan rings is 1. The minimum Gasteiger partial charge on any atom is -0.487 e. The molecule has 0 amide bonds. The van der Waals surface area contributed by atoms with E-state index < -0.39 is 0 Å². The molecule has 0 aliphatic carbocycles. The molecule has 0 bridgehead atoms. The highest BCUT2D eigenvalue weighted by atomic mass is 32.1. The normalized spacial score (nSPS) is 12.7. The van der Waals surface area contributed by atoms with E-state index in [0.29, 0.717) is 0 Å². The molecule has 4 heteroatoms. The van der Waals surface area contributed by atoms with Crippen molar-refractivity contribution in [1.29, 1.82) is 0 Å². The van der Waals surface area contributed by atoms with Crippen molar-refractivity contribution in [3.8, 4) is 5.06 Å². The molecule has 2 aromatic heterocycles. The molecule has 1 unspecified atom stereocenters. The van der Waals surface area contributed by atoms with Crippen LogP contribution in [0.25, 0.3) is 0 Å². The zero-order chi connectivity index (χ0) is 9.97. The fourth-order valence-electron chi connectivity index (χ4n) is 1.22. The largest absolute Gasteiger partial charge is 0.487 e. The zero-order valence-electron chi connectivity index (χ0n) is 7.77. The topological polar surface area (TPSA) is 48.4 Å². The molecule has 0 spiro atoms. The van der Waals surface area contributed by atoms with Gasteiger partial charge in [-0.3, -0.25) is 0 Å². The molecule has 0 saturated heterocycles. The van der Waals surface area contributed by atoms with E-state index in [0.717, 1.165) is 15.7 Å². The summed E-state index contributed by atoms with van der Waals surface area (Å²) in [5.41, 5.74) is 5.99. The van der Waals surface area contributed by atoms with E-state index in [-0.39, 0.29) is 6.04 Å². The molecule has 2 rings (SSSR count). The quantitative estimate of drug-likeness (QED) is 0.844. The minimum atomic E-state index is -0.195. The lowest BCUT2D eigenvalue weighted by atomic mass is 10.2. The van der Waals surface area contributed by atoms with E-state index in [2.05, 4.69) is 0 Å². The third-order valence-corrected chi connectivity index (χ3v) is 3.09. The van der Waals surface area contributed by atoms with Gasteiger partial charge in [-0.25, -0.2) is 0 Å². The SMILES string of the molecule is COc1ccc(C(N)c2ccco2)s1. The summed E-state index contributed by atoms with van der Waals surface area (Å²) in [5, 5.41) is 0.863. The van der Waals surface area contributed by atoms with Crippen molar-refractivity contribution in [2.24, 2.45) is 5.73 Å². The first-order valence-electron chi connectivity index (χ1n) is 4.24. The lowest BCUT2D eigenvalue weighted by Gasteiger charge is -2.04. The van der Waals surface area contributed by atoms with E-state index in [1.54, 1.807) is 13.4 Å². The minimum absolute atomic E-state index is 0.195. The summed E-state index contributed by atoms with van der Waals surface area (Å²) in [6.07, 6.45) is 1.63. The molecule has 2 heterocycles. The average molecular weight is 209 g/mol. The molecule has 0 aromatic carbocycles. The zero-order valence-corrected chi connectivity index (χ0v) is 8.58. The van der Waals surface area contributed by atoms with E-state index in [4.69, 9.17) is 14.9 Å². The highest BCUT2D eigenvalue weighted by Gasteiger charge is 2.13. The highest BCUT2D eigenvalue weighted by molar-refractivity contribution is 7.13. The van der Waals surface area contributed by atoms with E-state index >= 15 is 0 Å². The van der Waals surface area contributed by atoms with Crippen molar-refractivity contribution in [2.45, 2.75) is 6.04 Å². The molecule has 74 valence electrons. The van der Waals surface area contributed by atoms with Crippen LogP contribution in [0.3, 0.4) is 0 Å². The van der Waals surface area contributed by atoms with Gasteiger partial charge in [-0.1, -0.05) is 0 Å². The van der Waals surface area contributed by atoms with Crippen LogP contribution in [0, 0.1) is 0 Å². The Bertz CT molecular complexity index is 394. The van der Waals surface area contributed by atoms with E-state index in [1.807, 2.05) is 24.3 Å². The van der Waals surface area contributed by atoms with Gasteiger partial charge in [-0.05, 0) is 24.3 Å². The summed E-state index contributed by atoms with van der Waals surface area (Å²) in [6, 6.07) is 7.37. The number of methoxy groups -OCH3 is 1. The Hall–Kier alpha value is -1.26. The Morgan fingerprint density at radius 2 is 2.29 bits per heavy atom. The Labute approximate surface area is 86.1 Å². The van der Waals surface area contributed by atoms with Gasteiger partial charge in [-0.2, -0.15) is 0 Å². The first-order chi connectivity index (χ1) is 6.81. The van der Waals surface area contributed by atoms with Gasteiger partial charge < -0.3 is 14.9 Å². The maximum atomic E-state index is 5.99. The van der Waals surface area contributed by atoms with Crippen LogP contribution in [-0.4, -0.2) is 7.11 Å². The molecule has 14 heavy (non-hydrogen) atoms. The number of nitrogens with two attached hydrogens (primary N) is 1. The van der Waals surface area contributed by atoms with Crippen LogP contribution in [-0.2, 0) is 0 Å². The van der Waals surface area contributed by atoms with Crippen LogP contribution in [0.2, 0.25) is 0 Å². The van der Waals surface area contributed by atoms with Gasteiger partial charge in [0.25, 0.3) is 0 Å². The number of hydrogen-bond acceptors (Lipinski definition) is 4. The summed E-state index contributed by atoms with van der Waals surface area (Å²) < 4.78 is 10.3. The lowest BCUT2D eigenvalue weighted by molar-refractivity contribution is 0.427. The van der Waals surface area contributed by atoms with E-state index in [1.165, 1.54) is 11.3 Å². The van der Waals surface area contributed by atoms with E-state index in [9.17, 15) is 0 Å². The molecular formula is C10H11NO2S. The fourth-order valence-corrected chi connectivity index (χ4v) is 2.05. The number of rotatable bonds is 3. The van der Waals surface area contributed by atoms with Gasteiger partial charge in [0.15, 0.2) is 5.06 Å². The summed E-state index contributed by atoms with van der Waals surface area (Å²) in [5.74, 6) is 0.773. The fraction of sp³-hybridized carbons (Fsp3) is 0.200. The number of hydrogen-bond donors (Lipinski definition) is 1. The molecule has 2 N–H and O–H groups in total. The third-order valence-electron chi connectivity index (χ3n) is 1.96. The molecular weight excluding hydrogens is 198 g/mol. The van der Waals surface area contributed by atoms with Crippen molar-refractivity contribution in [3.05, 3.63) is 41.2 Å². The summed E-state index contributed by atoms with van der Waals surface area (Å²) in [4.78, 5) is 1.04. The van der Waals surface area contributed by atoms with Gasteiger partial charge >= 0.3 is 0 Å². The van der Waals surface area contributed by atoms with Crippen molar-refractivity contribution in [2.75, 3.05) is 7.11 Å². The van der Waals surface area contributed by atoms with Gasteiger partial charge in [0, 0.05) is 4.88 Å². The van der Waals surface area contributed by atoms with Crippen molar-refractivity contribution < 1.29 is 9.15 Å². The Morgan fingerprint density at radius 3 is 2.86 bits per heavy atom. The molecule has 0 aliphatic heterocycles.